The molecule has 1 amide bonds. The lowest BCUT2D eigenvalue weighted by atomic mass is 10.1. The van der Waals surface area contributed by atoms with Crippen molar-refractivity contribution in [2.24, 2.45) is 5.10 Å². The molecule has 1 atom stereocenters. The van der Waals surface area contributed by atoms with Crippen LogP contribution in [0.5, 0.6) is 0 Å². The van der Waals surface area contributed by atoms with Crippen molar-refractivity contribution in [3.63, 3.8) is 0 Å². The van der Waals surface area contributed by atoms with Gasteiger partial charge in [-0.05, 0) is 35.0 Å². The van der Waals surface area contributed by atoms with E-state index < -0.39 is 0 Å². The molecule has 0 aliphatic carbocycles. The minimum Gasteiger partial charge on any atom is -0.272 e. The van der Waals surface area contributed by atoms with Crippen molar-refractivity contribution >= 4 is 46.1 Å². The molecule has 0 spiro atoms. The molecule has 4 heterocycles. The molecule has 126 valence electrons. The molecule has 0 radical (unpaired) electrons. The van der Waals surface area contributed by atoms with Gasteiger partial charge in [-0.3, -0.25) is 4.79 Å². The Morgan fingerprint density at radius 3 is 2.76 bits per heavy atom. The van der Waals surface area contributed by atoms with E-state index in [-0.39, 0.29) is 11.9 Å². The van der Waals surface area contributed by atoms with Crippen LogP contribution in [0.25, 0.3) is 0 Å². The highest BCUT2D eigenvalue weighted by Crippen LogP contribution is 2.36. The largest absolute Gasteiger partial charge is 0.272 e. The third-order valence-electron chi connectivity index (χ3n) is 3.82. The number of carbonyl (C=O) groups excluding carboxylic acids is 1. The number of hydrogen-bond donors (Lipinski definition) is 0. The van der Waals surface area contributed by atoms with E-state index >= 15 is 0 Å². The van der Waals surface area contributed by atoms with Crippen LogP contribution in [-0.4, -0.2) is 27.4 Å². The fraction of sp³-hybridized carbons (Fsp3) is 0.167. The number of carbonyl (C=O) groups is 1. The van der Waals surface area contributed by atoms with Crippen LogP contribution in [-0.2, 0) is 4.79 Å². The van der Waals surface area contributed by atoms with Gasteiger partial charge in [-0.1, -0.05) is 30.0 Å². The summed E-state index contributed by atoms with van der Waals surface area (Å²) >= 11 is 4.78. The highest BCUT2D eigenvalue weighted by molar-refractivity contribution is 7.99. The van der Waals surface area contributed by atoms with E-state index in [1.165, 1.54) is 16.6 Å². The van der Waals surface area contributed by atoms with Crippen molar-refractivity contribution in [3.8, 4) is 0 Å². The fourth-order valence-electron chi connectivity index (χ4n) is 2.67. The number of thioether (sulfide) groups is 1. The third kappa shape index (κ3) is 3.68. The molecule has 0 N–H and O–H groups in total. The van der Waals surface area contributed by atoms with Crippen LogP contribution in [0.1, 0.15) is 22.2 Å². The molecule has 0 saturated heterocycles. The molecule has 0 saturated carbocycles. The monoisotopic (exact) mass is 385 g/mol. The van der Waals surface area contributed by atoms with Crippen LogP contribution < -0.4 is 0 Å². The summed E-state index contributed by atoms with van der Waals surface area (Å²) in [6.07, 6.45) is 2.51. The summed E-state index contributed by atoms with van der Waals surface area (Å²) in [5.74, 6) is 0.348. The average Bonchev–Trinajstić information content (AvgIpc) is 3.40. The molecule has 4 nitrogen and oxygen atoms in total. The van der Waals surface area contributed by atoms with Crippen LogP contribution in [0.15, 0.2) is 69.5 Å². The van der Waals surface area contributed by atoms with Crippen molar-refractivity contribution in [2.75, 3.05) is 5.75 Å². The first-order chi connectivity index (χ1) is 12.3. The molecule has 3 aromatic heterocycles. The molecule has 0 fully saturated rings. The summed E-state index contributed by atoms with van der Waals surface area (Å²) < 4.78 is 0. The summed E-state index contributed by atoms with van der Waals surface area (Å²) in [4.78, 5) is 19.4. The number of hydrazone groups is 1. The second kappa shape index (κ2) is 7.51. The maximum absolute atomic E-state index is 12.8. The van der Waals surface area contributed by atoms with E-state index in [1.54, 1.807) is 33.9 Å². The number of amides is 1. The molecule has 1 aliphatic rings. The second-order valence-electron chi connectivity index (χ2n) is 5.45. The molecule has 0 aromatic carbocycles. The number of hydrogen-bond acceptors (Lipinski definition) is 6. The first-order valence-electron chi connectivity index (χ1n) is 7.82. The Bertz CT molecular complexity index is 860. The second-order valence-corrected chi connectivity index (χ2v) is 8.38. The molecule has 1 unspecified atom stereocenters. The van der Waals surface area contributed by atoms with Gasteiger partial charge < -0.3 is 0 Å². The number of aromatic nitrogens is 1. The van der Waals surface area contributed by atoms with Crippen molar-refractivity contribution < 1.29 is 4.79 Å². The molecular formula is C18H15N3OS3. The summed E-state index contributed by atoms with van der Waals surface area (Å²) in [7, 11) is 0. The zero-order valence-electron chi connectivity index (χ0n) is 13.2. The zero-order chi connectivity index (χ0) is 17.1. The predicted octanol–water partition coefficient (Wildman–Crippen LogP) is 4.67. The van der Waals surface area contributed by atoms with Gasteiger partial charge in [-0.25, -0.2) is 9.99 Å². The number of pyridine rings is 1. The van der Waals surface area contributed by atoms with Crippen molar-refractivity contribution in [3.05, 3.63) is 69.2 Å². The lowest BCUT2D eigenvalue weighted by Crippen LogP contribution is -2.28. The lowest BCUT2D eigenvalue weighted by molar-refractivity contribution is -0.130. The quantitative estimate of drug-likeness (QED) is 0.599. The number of thiophene rings is 2. The minimum atomic E-state index is -0.00562. The Morgan fingerprint density at radius 2 is 2.04 bits per heavy atom. The normalized spacial score (nSPS) is 16.9. The maximum Gasteiger partial charge on any atom is 0.253 e. The summed E-state index contributed by atoms with van der Waals surface area (Å²) in [6.45, 7) is 0. The first kappa shape index (κ1) is 16.5. The molecule has 1 aliphatic heterocycles. The molecular weight excluding hydrogens is 370 g/mol. The molecule has 7 heteroatoms. The first-order valence-corrected chi connectivity index (χ1v) is 10.6. The Labute approximate surface area is 158 Å². The molecule has 0 bridgehead atoms. The van der Waals surface area contributed by atoms with E-state index in [0.717, 1.165) is 22.0 Å². The van der Waals surface area contributed by atoms with E-state index in [9.17, 15) is 4.79 Å². The highest BCUT2D eigenvalue weighted by Gasteiger charge is 2.33. The zero-order valence-corrected chi connectivity index (χ0v) is 15.7. The van der Waals surface area contributed by atoms with Gasteiger partial charge in [0.1, 0.15) is 0 Å². The standard InChI is InChI=1S/C18H15N3OS3/c22-18(12-25-17-7-1-2-8-19-17)21-14(16-6-4-10-24-16)11-13(20-21)15-5-3-9-23-15/h1-10,14H,11-12H2. The van der Waals surface area contributed by atoms with Gasteiger partial charge in [-0.2, -0.15) is 5.10 Å². The van der Waals surface area contributed by atoms with Gasteiger partial charge in [0.25, 0.3) is 5.91 Å². The minimum absolute atomic E-state index is 0.00562. The maximum atomic E-state index is 12.8. The van der Waals surface area contributed by atoms with E-state index in [1.807, 2.05) is 41.1 Å². The van der Waals surface area contributed by atoms with E-state index in [2.05, 4.69) is 22.2 Å². The highest BCUT2D eigenvalue weighted by atomic mass is 32.2. The lowest BCUT2D eigenvalue weighted by Gasteiger charge is -2.20. The Kier molecular flexibility index (Phi) is 4.96. The van der Waals surface area contributed by atoms with Crippen molar-refractivity contribution in [1.82, 2.24) is 9.99 Å². The molecule has 25 heavy (non-hydrogen) atoms. The van der Waals surface area contributed by atoms with Gasteiger partial charge in [0, 0.05) is 17.5 Å². The third-order valence-corrected chi connectivity index (χ3v) is 6.65. The summed E-state index contributed by atoms with van der Waals surface area (Å²) in [6, 6.07) is 13.9. The molecule has 3 aromatic rings. The van der Waals surface area contributed by atoms with Crippen molar-refractivity contribution in [1.29, 1.82) is 0 Å². The van der Waals surface area contributed by atoms with Gasteiger partial charge in [-0.15, -0.1) is 22.7 Å². The Hall–Kier alpha value is -1.96. The van der Waals surface area contributed by atoms with Crippen LogP contribution in [0.3, 0.4) is 0 Å². The van der Waals surface area contributed by atoms with Gasteiger partial charge in [0.05, 0.1) is 27.4 Å². The van der Waals surface area contributed by atoms with Crippen LogP contribution >= 0.6 is 34.4 Å². The van der Waals surface area contributed by atoms with Gasteiger partial charge in [0.15, 0.2) is 0 Å². The number of nitrogens with zero attached hydrogens (tertiary/aromatic N) is 3. The Balaban J connectivity index is 1.54. The van der Waals surface area contributed by atoms with E-state index in [4.69, 9.17) is 0 Å². The summed E-state index contributed by atoms with van der Waals surface area (Å²) in [5.41, 5.74) is 0.990. The van der Waals surface area contributed by atoms with E-state index in [0.29, 0.717) is 5.75 Å². The van der Waals surface area contributed by atoms with Gasteiger partial charge >= 0.3 is 0 Å². The van der Waals surface area contributed by atoms with Crippen LogP contribution in [0.4, 0.5) is 0 Å². The number of rotatable bonds is 5. The predicted molar refractivity (Wildman–Crippen MR) is 104 cm³/mol. The summed E-state index contributed by atoms with van der Waals surface area (Å²) in [5, 5.41) is 11.3. The Morgan fingerprint density at radius 1 is 1.16 bits per heavy atom. The van der Waals surface area contributed by atoms with Crippen molar-refractivity contribution in [2.45, 2.75) is 17.5 Å². The van der Waals surface area contributed by atoms with Gasteiger partial charge in [0.2, 0.25) is 0 Å². The fourth-order valence-corrected chi connectivity index (χ4v) is 4.92. The van der Waals surface area contributed by atoms with Crippen LogP contribution in [0, 0.1) is 0 Å². The smallest absolute Gasteiger partial charge is 0.253 e. The molecule has 4 rings (SSSR count). The average molecular weight is 386 g/mol. The van der Waals surface area contributed by atoms with Crippen LogP contribution in [0.2, 0.25) is 0 Å². The topological polar surface area (TPSA) is 45.6 Å². The SMILES string of the molecule is O=C(CSc1ccccn1)N1N=C(c2cccs2)CC1c1cccs1.